The summed E-state index contributed by atoms with van der Waals surface area (Å²) in [5.41, 5.74) is 3.43. The molecule has 1 amide bonds. The van der Waals surface area contributed by atoms with Crippen LogP contribution in [-0.2, 0) is 20.2 Å². The lowest BCUT2D eigenvalue weighted by Crippen LogP contribution is -2.44. The second kappa shape index (κ2) is 8.16. The molecule has 1 saturated carbocycles. The van der Waals surface area contributed by atoms with E-state index >= 15 is 0 Å². The Kier molecular flexibility index (Phi) is 5.73. The van der Waals surface area contributed by atoms with E-state index < -0.39 is 10.0 Å². The van der Waals surface area contributed by atoms with Crippen molar-refractivity contribution in [2.24, 2.45) is 5.92 Å². The molecule has 1 aliphatic heterocycles. The Bertz CT molecular complexity index is 1020. The van der Waals surface area contributed by atoms with Crippen LogP contribution in [0.25, 0.3) is 0 Å². The third-order valence-electron chi connectivity index (χ3n) is 6.78. The fourth-order valence-corrected chi connectivity index (χ4v) is 5.85. The van der Waals surface area contributed by atoms with E-state index in [4.69, 9.17) is 0 Å². The third-order valence-corrected chi connectivity index (χ3v) is 8.68. The molecule has 2 aromatic rings. The lowest BCUT2D eigenvalue weighted by molar-refractivity contribution is -0.126. The minimum absolute atomic E-state index is 0.0560. The number of nitrogens with one attached hydrogen (secondary N) is 1. The molecule has 160 valence electrons. The zero-order valence-corrected chi connectivity index (χ0v) is 18.5. The van der Waals surface area contributed by atoms with Gasteiger partial charge in [0.1, 0.15) is 0 Å². The summed E-state index contributed by atoms with van der Waals surface area (Å²) in [6.07, 6.45) is 3.33. The molecule has 2 aliphatic rings. The molecule has 0 unspecified atom stereocenters. The van der Waals surface area contributed by atoms with Crippen molar-refractivity contribution < 1.29 is 13.2 Å². The smallest absolute Gasteiger partial charge is 0.243 e. The molecule has 5 nitrogen and oxygen atoms in total. The molecule has 0 spiro atoms. The maximum Gasteiger partial charge on any atom is 0.243 e. The van der Waals surface area contributed by atoms with Crippen LogP contribution in [0.15, 0.2) is 53.4 Å². The SMILES string of the molecule is Cc1ccc(S(=O)(=O)N2CCC(C(=O)NCC3(c4ccccc4)CC3)CC2)cc1C. The number of rotatable bonds is 6. The predicted octanol–water partition coefficient (Wildman–Crippen LogP) is 3.55. The zero-order chi connectivity index (χ0) is 21.4. The van der Waals surface area contributed by atoms with E-state index in [2.05, 4.69) is 17.4 Å². The molecule has 0 atom stereocenters. The first-order valence-electron chi connectivity index (χ1n) is 10.7. The highest BCUT2D eigenvalue weighted by Crippen LogP contribution is 2.47. The molecular formula is C24H30N2O3S. The van der Waals surface area contributed by atoms with E-state index in [0.717, 1.165) is 24.0 Å². The lowest BCUT2D eigenvalue weighted by Gasteiger charge is -2.31. The van der Waals surface area contributed by atoms with Crippen molar-refractivity contribution in [1.29, 1.82) is 0 Å². The summed E-state index contributed by atoms with van der Waals surface area (Å²) in [6, 6.07) is 15.6. The molecule has 2 aromatic carbocycles. The Morgan fingerprint density at radius 3 is 2.30 bits per heavy atom. The van der Waals surface area contributed by atoms with E-state index in [-0.39, 0.29) is 17.2 Å². The molecule has 30 heavy (non-hydrogen) atoms. The van der Waals surface area contributed by atoms with Crippen LogP contribution < -0.4 is 5.32 Å². The van der Waals surface area contributed by atoms with Gasteiger partial charge < -0.3 is 5.32 Å². The maximum atomic E-state index is 13.0. The van der Waals surface area contributed by atoms with Gasteiger partial charge in [0.25, 0.3) is 0 Å². The normalized spacial score (nSPS) is 19.4. The summed E-state index contributed by atoms with van der Waals surface area (Å²) in [6.45, 7) is 5.33. The van der Waals surface area contributed by atoms with Gasteiger partial charge in [-0.15, -0.1) is 0 Å². The number of hydrogen-bond donors (Lipinski definition) is 1. The number of benzene rings is 2. The van der Waals surface area contributed by atoms with Crippen LogP contribution in [0.3, 0.4) is 0 Å². The first kappa shape index (κ1) is 21.1. The Hall–Kier alpha value is -2.18. The molecule has 1 N–H and O–H groups in total. The van der Waals surface area contributed by atoms with Gasteiger partial charge in [0, 0.05) is 31.0 Å². The molecule has 1 aliphatic carbocycles. The Labute approximate surface area is 179 Å². The number of aryl methyl sites for hydroxylation is 2. The topological polar surface area (TPSA) is 66.5 Å². The first-order valence-corrected chi connectivity index (χ1v) is 12.2. The van der Waals surface area contributed by atoms with Crippen LogP contribution in [0.1, 0.15) is 42.4 Å². The largest absolute Gasteiger partial charge is 0.355 e. The monoisotopic (exact) mass is 426 g/mol. The lowest BCUT2D eigenvalue weighted by atomic mass is 9.94. The number of nitrogens with zero attached hydrogens (tertiary/aromatic N) is 1. The Morgan fingerprint density at radius 2 is 1.70 bits per heavy atom. The van der Waals surface area contributed by atoms with Gasteiger partial charge >= 0.3 is 0 Å². The highest BCUT2D eigenvalue weighted by Gasteiger charge is 2.44. The van der Waals surface area contributed by atoms with Crippen LogP contribution in [0, 0.1) is 19.8 Å². The summed E-state index contributed by atoms with van der Waals surface area (Å²) < 4.78 is 27.5. The minimum Gasteiger partial charge on any atom is -0.355 e. The Morgan fingerprint density at radius 1 is 1.03 bits per heavy atom. The number of piperidine rings is 1. The van der Waals surface area contributed by atoms with Crippen LogP contribution in [0.2, 0.25) is 0 Å². The van der Waals surface area contributed by atoms with Gasteiger partial charge in [-0.3, -0.25) is 4.79 Å². The summed E-state index contributed by atoms with van der Waals surface area (Å²) in [4.78, 5) is 13.1. The highest BCUT2D eigenvalue weighted by atomic mass is 32.2. The fourth-order valence-electron chi connectivity index (χ4n) is 4.29. The van der Waals surface area contributed by atoms with Crippen molar-refractivity contribution in [2.75, 3.05) is 19.6 Å². The summed E-state index contributed by atoms with van der Waals surface area (Å²) in [5.74, 6) is -0.0665. The Balaban J connectivity index is 1.33. The van der Waals surface area contributed by atoms with E-state index in [1.54, 1.807) is 12.1 Å². The van der Waals surface area contributed by atoms with Crippen molar-refractivity contribution in [3.05, 3.63) is 65.2 Å². The average Bonchev–Trinajstić information content (AvgIpc) is 3.56. The second-order valence-corrected chi connectivity index (χ2v) is 10.7. The second-order valence-electron chi connectivity index (χ2n) is 8.79. The van der Waals surface area contributed by atoms with Gasteiger partial charge in [0.05, 0.1) is 4.90 Å². The van der Waals surface area contributed by atoms with E-state index in [1.165, 1.54) is 9.87 Å². The third kappa shape index (κ3) is 4.16. The van der Waals surface area contributed by atoms with E-state index in [1.807, 2.05) is 38.1 Å². The van der Waals surface area contributed by atoms with Crippen LogP contribution in [0.5, 0.6) is 0 Å². The molecular weight excluding hydrogens is 396 g/mol. The van der Waals surface area contributed by atoms with Gasteiger partial charge in [0.15, 0.2) is 0 Å². The molecule has 2 fully saturated rings. The minimum atomic E-state index is -3.51. The van der Waals surface area contributed by atoms with Crippen molar-refractivity contribution in [3.8, 4) is 0 Å². The van der Waals surface area contributed by atoms with Gasteiger partial charge in [-0.1, -0.05) is 36.4 Å². The number of amides is 1. The van der Waals surface area contributed by atoms with E-state index in [9.17, 15) is 13.2 Å². The van der Waals surface area contributed by atoms with Crippen LogP contribution >= 0.6 is 0 Å². The fraction of sp³-hybridized carbons (Fsp3) is 0.458. The maximum absolute atomic E-state index is 13.0. The summed E-state index contributed by atoms with van der Waals surface area (Å²) in [5, 5.41) is 3.15. The molecule has 0 radical (unpaired) electrons. The number of carbonyl (C=O) groups excluding carboxylic acids is 1. The molecule has 0 bridgehead atoms. The van der Waals surface area contributed by atoms with Crippen LogP contribution in [0.4, 0.5) is 0 Å². The van der Waals surface area contributed by atoms with Gasteiger partial charge in [-0.25, -0.2) is 8.42 Å². The number of carbonyl (C=O) groups is 1. The first-order chi connectivity index (χ1) is 14.3. The van der Waals surface area contributed by atoms with Gasteiger partial charge in [0.2, 0.25) is 15.9 Å². The van der Waals surface area contributed by atoms with Crippen molar-refractivity contribution in [2.45, 2.75) is 49.8 Å². The molecule has 4 rings (SSSR count). The molecule has 1 saturated heterocycles. The molecule has 0 aromatic heterocycles. The van der Waals surface area contributed by atoms with Crippen molar-refractivity contribution >= 4 is 15.9 Å². The van der Waals surface area contributed by atoms with Crippen molar-refractivity contribution in [3.63, 3.8) is 0 Å². The zero-order valence-electron chi connectivity index (χ0n) is 17.7. The summed E-state index contributed by atoms with van der Waals surface area (Å²) in [7, 11) is -3.51. The van der Waals surface area contributed by atoms with Crippen molar-refractivity contribution in [1.82, 2.24) is 9.62 Å². The highest BCUT2D eigenvalue weighted by molar-refractivity contribution is 7.89. The number of sulfonamides is 1. The standard InChI is InChI=1S/C24H30N2O3S/c1-18-8-9-22(16-19(18)2)30(28,29)26-14-10-20(11-15-26)23(27)25-17-24(12-13-24)21-6-4-3-5-7-21/h3-9,16,20H,10-15,17H2,1-2H3,(H,25,27). The molecule has 6 heteroatoms. The van der Waals surface area contributed by atoms with Gasteiger partial charge in [-0.2, -0.15) is 4.31 Å². The quantitative estimate of drug-likeness (QED) is 0.768. The number of hydrogen-bond acceptors (Lipinski definition) is 3. The average molecular weight is 427 g/mol. The predicted molar refractivity (Wildman–Crippen MR) is 118 cm³/mol. The van der Waals surface area contributed by atoms with E-state index in [0.29, 0.717) is 37.4 Å². The van der Waals surface area contributed by atoms with Gasteiger partial charge in [-0.05, 0) is 68.4 Å². The summed E-state index contributed by atoms with van der Waals surface area (Å²) >= 11 is 0. The molecule has 1 heterocycles. The van der Waals surface area contributed by atoms with Crippen LogP contribution in [-0.4, -0.2) is 38.3 Å².